The normalized spacial score (nSPS) is 11.2. The van der Waals surface area contributed by atoms with Gasteiger partial charge in [0.2, 0.25) is 10.0 Å². The van der Waals surface area contributed by atoms with E-state index in [2.05, 4.69) is 0 Å². The SMILES string of the molecule is CS(=O)(=O)NC(=O)COCc1ccccc1Cl. The van der Waals surface area contributed by atoms with Gasteiger partial charge in [-0.1, -0.05) is 29.8 Å². The number of rotatable bonds is 5. The summed E-state index contributed by atoms with van der Waals surface area (Å²) in [5.41, 5.74) is 0.737. The van der Waals surface area contributed by atoms with Crippen molar-refractivity contribution in [2.75, 3.05) is 12.9 Å². The molecule has 1 rings (SSSR count). The highest BCUT2D eigenvalue weighted by Gasteiger charge is 2.08. The van der Waals surface area contributed by atoms with Crippen LogP contribution in [-0.4, -0.2) is 27.2 Å². The van der Waals surface area contributed by atoms with Gasteiger partial charge in [0, 0.05) is 5.02 Å². The Hall–Kier alpha value is -1.11. The molecular formula is C10H12ClNO4S. The van der Waals surface area contributed by atoms with E-state index in [4.69, 9.17) is 16.3 Å². The maximum atomic E-state index is 11.1. The van der Waals surface area contributed by atoms with Gasteiger partial charge in [-0.25, -0.2) is 8.42 Å². The first kappa shape index (κ1) is 14.0. The number of benzene rings is 1. The zero-order valence-corrected chi connectivity index (χ0v) is 10.7. The van der Waals surface area contributed by atoms with Gasteiger partial charge in [-0.2, -0.15) is 0 Å². The molecule has 0 fully saturated rings. The lowest BCUT2D eigenvalue weighted by molar-refractivity contribution is -0.124. The van der Waals surface area contributed by atoms with E-state index in [1.54, 1.807) is 29.0 Å². The molecular weight excluding hydrogens is 266 g/mol. The summed E-state index contributed by atoms with van der Waals surface area (Å²) in [6.45, 7) is -0.185. The highest BCUT2D eigenvalue weighted by atomic mass is 35.5. The summed E-state index contributed by atoms with van der Waals surface area (Å²) < 4.78 is 28.3. The lowest BCUT2D eigenvalue weighted by atomic mass is 10.2. The fourth-order valence-corrected chi connectivity index (χ4v) is 1.77. The quantitative estimate of drug-likeness (QED) is 0.869. The highest BCUT2D eigenvalue weighted by Crippen LogP contribution is 2.15. The van der Waals surface area contributed by atoms with Crippen molar-refractivity contribution in [3.8, 4) is 0 Å². The van der Waals surface area contributed by atoms with Crippen LogP contribution >= 0.6 is 11.6 Å². The van der Waals surface area contributed by atoms with Gasteiger partial charge in [-0.05, 0) is 11.6 Å². The van der Waals surface area contributed by atoms with Crippen molar-refractivity contribution >= 4 is 27.5 Å². The predicted octanol–water partition coefficient (Wildman–Crippen LogP) is 0.932. The van der Waals surface area contributed by atoms with Crippen LogP contribution in [0, 0.1) is 0 Å². The molecule has 0 aliphatic heterocycles. The van der Waals surface area contributed by atoms with Crippen molar-refractivity contribution in [2.24, 2.45) is 0 Å². The molecule has 5 nitrogen and oxygen atoms in total. The van der Waals surface area contributed by atoms with Crippen molar-refractivity contribution < 1.29 is 17.9 Å². The van der Waals surface area contributed by atoms with Crippen LogP contribution in [0.3, 0.4) is 0 Å². The van der Waals surface area contributed by atoms with Gasteiger partial charge < -0.3 is 4.74 Å². The summed E-state index contributed by atoms with van der Waals surface area (Å²) in [7, 11) is -3.53. The van der Waals surface area contributed by atoms with E-state index in [1.807, 2.05) is 0 Å². The molecule has 1 aromatic carbocycles. The van der Waals surface area contributed by atoms with Crippen molar-refractivity contribution in [3.05, 3.63) is 34.9 Å². The number of hydrogen-bond acceptors (Lipinski definition) is 4. The first-order chi connectivity index (χ1) is 7.88. The van der Waals surface area contributed by atoms with Gasteiger partial charge in [0.05, 0.1) is 12.9 Å². The molecule has 1 aromatic rings. The summed E-state index contributed by atoms with van der Waals surface area (Å²) in [4.78, 5) is 11.1. The number of carbonyl (C=O) groups is 1. The van der Waals surface area contributed by atoms with Crippen LogP contribution in [0.25, 0.3) is 0 Å². The van der Waals surface area contributed by atoms with Crippen LogP contribution in [0.5, 0.6) is 0 Å². The number of halogens is 1. The molecule has 0 saturated heterocycles. The maximum Gasteiger partial charge on any atom is 0.259 e. The Morgan fingerprint density at radius 1 is 1.41 bits per heavy atom. The van der Waals surface area contributed by atoms with E-state index >= 15 is 0 Å². The number of amides is 1. The van der Waals surface area contributed by atoms with Gasteiger partial charge in [0.25, 0.3) is 5.91 Å². The average Bonchev–Trinajstić information content (AvgIpc) is 2.18. The topological polar surface area (TPSA) is 72.5 Å². The van der Waals surface area contributed by atoms with Crippen molar-refractivity contribution in [1.82, 2.24) is 4.72 Å². The second-order valence-electron chi connectivity index (χ2n) is 3.38. The van der Waals surface area contributed by atoms with Gasteiger partial charge in [-0.3, -0.25) is 9.52 Å². The molecule has 1 amide bonds. The lowest BCUT2D eigenvalue weighted by Crippen LogP contribution is -2.32. The van der Waals surface area contributed by atoms with Crippen molar-refractivity contribution in [1.29, 1.82) is 0 Å². The van der Waals surface area contributed by atoms with E-state index in [9.17, 15) is 13.2 Å². The average molecular weight is 278 g/mol. The van der Waals surface area contributed by atoms with Gasteiger partial charge in [0.1, 0.15) is 6.61 Å². The molecule has 0 unspecified atom stereocenters. The van der Waals surface area contributed by atoms with Gasteiger partial charge in [-0.15, -0.1) is 0 Å². The molecule has 0 spiro atoms. The fourth-order valence-electron chi connectivity index (χ4n) is 1.11. The van der Waals surface area contributed by atoms with E-state index in [-0.39, 0.29) is 13.2 Å². The number of sulfonamides is 1. The molecule has 0 atom stereocenters. The number of ether oxygens (including phenoxy) is 1. The maximum absolute atomic E-state index is 11.1. The Bertz CT molecular complexity index is 501. The second kappa shape index (κ2) is 6.00. The summed E-state index contributed by atoms with van der Waals surface area (Å²) in [6, 6.07) is 7.04. The monoisotopic (exact) mass is 277 g/mol. The Balaban J connectivity index is 2.39. The molecule has 94 valence electrons. The van der Waals surface area contributed by atoms with E-state index in [1.165, 1.54) is 0 Å². The largest absolute Gasteiger partial charge is 0.367 e. The third-order valence-corrected chi connectivity index (χ3v) is 2.71. The minimum atomic E-state index is -3.53. The van der Waals surface area contributed by atoms with Crippen molar-refractivity contribution in [3.63, 3.8) is 0 Å². The smallest absolute Gasteiger partial charge is 0.259 e. The van der Waals surface area contributed by atoms with Crippen LogP contribution in [0.15, 0.2) is 24.3 Å². The molecule has 0 aromatic heterocycles. The number of nitrogens with one attached hydrogen (secondary N) is 1. The van der Waals surface area contributed by atoms with E-state index in [0.717, 1.165) is 11.8 Å². The minimum Gasteiger partial charge on any atom is -0.367 e. The Kier molecular flexibility index (Phi) is 4.92. The molecule has 0 saturated carbocycles. The highest BCUT2D eigenvalue weighted by molar-refractivity contribution is 7.89. The second-order valence-corrected chi connectivity index (χ2v) is 5.54. The summed E-state index contributed by atoms with van der Waals surface area (Å²) in [6.07, 6.45) is 0.902. The molecule has 7 heteroatoms. The Morgan fingerprint density at radius 3 is 2.65 bits per heavy atom. The molecule has 1 N–H and O–H groups in total. The van der Waals surface area contributed by atoms with Crippen LogP contribution in [0.1, 0.15) is 5.56 Å². The standard InChI is InChI=1S/C10H12ClNO4S/c1-17(14,15)12-10(13)7-16-6-8-4-2-3-5-9(8)11/h2-5H,6-7H2,1H3,(H,12,13). The van der Waals surface area contributed by atoms with Crippen LogP contribution in [0.4, 0.5) is 0 Å². The van der Waals surface area contributed by atoms with Gasteiger partial charge >= 0.3 is 0 Å². The van der Waals surface area contributed by atoms with Crippen LogP contribution in [0.2, 0.25) is 5.02 Å². The summed E-state index contributed by atoms with van der Waals surface area (Å²) >= 11 is 5.87. The molecule has 0 bridgehead atoms. The van der Waals surface area contributed by atoms with Crippen molar-refractivity contribution in [2.45, 2.75) is 6.61 Å². The third-order valence-electron chi connectivity index (χ3n) is 1.75. The molecule has 17 heavy (non-hydrogen) atoms. The Labute approximate surface area is 105 Å². The summed E-state index contributed by atoms with van der Waals surface area (Å²) in [5.74, 6) is -0.709. The third kappa shape index (κ3) is 5.67. The number of carbonyl (C=O) groups excluding carboxylic acids is 1. The molecule has 0 aliphatic carbocycles. The molecule has 0 aliphatic rings. The fraction of sp³-hybridized carbons (Fsp3) is 0.300. The zero-order chi connectivity index (χ0) is 12.9. The zero-order valence-electron chi connectivity index (χ0n) is 9.14. The first-order valence-electron chi connectivity index (χ1n) is 4.70. The summed E-state index contributed by atoms with van der Waals surface area (Å²) in [5, 5.41) is 0.538. The molecule has 0 radical (unpaired) electrons. The molecule has 0 heterocycles. The lowest BCUT2D eigenvalue weighted by Gasteiger charge is -2.06. The van der Waals surface area contributed by atoms with Gasteiger partial charge in [0.15, 0.2) is 0 Å². The van der Waals surface area contributed by atoms with Crippen LogP contribution < -0.4 is 4.72 Å². The number of hydrogen-bond donors (Lipinski definition) is 1. The predicted molar refractivity (Wildman–Crippen MR) is 64.1 cm³/mol. The first-order valence-corrected chi connectivity index (χ1v) is 6.97. The van der Waals surface area contributed by atoms with E-state index < -0.39 is 15.9 Å². The minimum absolute atomic E-state index is 0.150. The Morgan fingerprint density at radius 2 is 2.06 bits per heavy atom. The van der Waals surface area contributed by atoms with E-state index in [0.29, 0.717) is 5.02 Å². The van der Waals surface area contributed by atoms with Crippen LogP contribution in [-0.2, 0) is 26.2 Å².